The average molecular weight is 271 g/mol. The maximum absolute atomic E-state index is 13.3. The molecule has 0 spiro atoms. The fraction of sp³-hybridized carbons (Fsp3) is 0.188. The molecule has 4 heteroatoms. The van der Waals surface area contributed by atoms with Crippen molar-refractivity contribution in [2.24, 2.45) is 0 Å². The van der Waals surface area contributed by atoms with Crippen molar-refractivity contribution in [1.82, 2.24) is 0 Å². The Labute approximate surface area is 116 Å². The first-order valence-electron chi connectivity index (χ1n) is 6.48. The number of rotatable bonds is 3. The molecule has 0 atom stereocenters. The lowest BCUT2D eigenvalue weighted by atomic mass is 9.90. The zero-order valence-corrected chi connectivity index (χ0v) is 10.8. The Balaban J connectivity index is 1.80. The summed E-state index contributed by atoms with van der Waals surface area (Å²) in [4.78, 5) is 13.1. The van der Waals surface area contributed by atoms with E-state index >= 15 is 0 Å². The molecule has 1 saturated heterocycles. The van der Waals surface area contributed by atoms with Crippen LogP contribution >= 0.6 is 0 Å². The van der Waals surface area contributed by atoms with Crippen molar-refractivity contribution in [3.63, 3.8) is 0 Å². The van der Waals surface area contributed by atoms with Gasteiger partial charge in [-0.05, 0) is 23.8 Å². The van der Waals surface area contributed by atoms with Gasteiger partial charge in [-0.15, -0.1) is 0 Å². The molecule has 1 aliphatic heterocycles. The van der Waals surface area contributed by atoms with Gasteiger partial charge in [0.15, 0.2) is 0 Å². The standard InChI is InChI=1S/C16H14FNO2/c17-13-6-7-14(16(19)20)15(8-13)18-9-12(10-18)11-4-2-1-3-5-11/h1-8,12H,9-10H2,(H,19,20). The second kappa shape index (κ2) is 4.96. The smallest absolute Gasteiger partial charge is 0.337 e. The molecule has 0 bridgehead atoms. The first-order chi connectivity index (χ1) is 9.65. The first kappa shape index (κ1) is 12.7. The lowest BCUT2D eigenvalue weighted by Gasteiger charge is -2.42. The number of carboxylic acids is 1. The van der Waals surface area contributed by atoms with E-state index in [1.54, 1.807) is 0 Å². The molecule has 0 radical (unpaired) electrons. The summed E-state index contributed by atoms with van der Waals surface area (Å²) >= 11 is 0. The molecule has 3 rings (SSSR count). The molecule has 0 unspecified atom stereocenters. The molecule has 2 aromatic carbocycles. The van der Waals surface area contributed by atoms with E-state index in [2.05, 4.69) is 12.1 Å². The molecule has 20 heavy (non-hydrogen) atoms. The number of carboxylic acid groups (broad SMARTS) is 1. The van der Waals surface area contributed by atoms with E-state index in [1.165, 1.54) is 23.8 Å². The zero-order valence-electron chi connectivity index (χ0n) is 10.8. The summed E-state index contributed by atoms with van der Waals surface area (Å²) in [6.45, 7) is 1.43. The fourth-order valence-corrected chi connectivity index (χ4v) is 2.56. The maximum Gasteiger partial charge on any atom is 0.337 e. The van der Waals surface area contributed by atoms with E-state index < -0.39 is 11.8 Å². The van der Waals surface area contributed by atoms with Crippen LogP contribution < -0.4 is 4.90 Å². The number of aromatic carboxylic acids is 1. The molecule has 1 aliphatic rings. The Morgan fingerprint density at radius 1 is 1.15 bits per heavy atom. The van der Waals surface area contributed by atoms with Crippen LogP contribution in [0, 0.1) is 5.82 Å². The van der Waals surface area contributed by atoms with Gasteiger partial charge in [0.25, 0.3) is 0 Å². The number of hydrogen-bond donors (Lipinski definition) is 1. The van der Waals surface area contributed by atoms with Crippen molar-refractivity contribution in [2.75, 3.05) is 18.0 Å². The van der Waals surface area contributed by atoms with Gasteiger partial charge in [0, 0.05) is 19.0 Å². The normalized spacial score (nSPS) is 14.9. The van der Waals surface area contributed by atoms with Gasteiger partial charge < -0.3 is 10.0 Å². The van der Waals surface area contributed by atoms with E-state index in [1.807, 2.05) is 23.1 Å². The summed E-state index contributed by atoms with van der Waals surface area (Å²) in [5.41, 5.74) is 1.85. The van der Waals surface area contributed by atoms with Crippen LogP contribution in [-0.2, 0) is 0 Å². The molecular formula is C16H14FNO2. The fourth-order valence-electron chi connectivity index (χ4n) is 2.56. The SMILES string of the molecule is O=C(O)c1ccc(F)cc1N1CC(c2ccccc2)C1. The van der Waals surface area contributed by atoms with E-state index in [0.29, 0.717) is 24.7 Å². The Hall–Kier alpha value is -2.36. The predicted octanol–water partition coefficient (Wildman–Crippen LogP) is 3.13. The number of nitrogens with zero attached hydrogens (tertiary/aromatic N) is 1. The van der Waals surface area contributed by atoms with Gasteiger partial charge in [-0.25, -0.2) is 9.18 Å². The lowest BCUT2D eigenvalue weighted by Crippen LogP contribution is -2.45. The van der Waals surface area contributed by atoms with Crippen LogP contribution in [0.2, 0.25) is 0 Å². The highest BCUT2D eigenvalue weighted by molar-refractivity contribution is 5.94. The molecule has 0 saturated carbocycles. The Kier molecular flexibility index (Phi) is 3.14. The summed E-state index contributed by atoms with van der Waals surface area (Å²) in [6.07, 6.45) is 0. The molecule has 1 N–H and O–H groups in total. The van der Waals surface area contributed by atoms with Gasteiger partial charge in [-0.2, -0.15) is 0 Å². The van der Waals surface area contributed by atoms with Crippen LogP contribution in [0.4, 0.5) is 10.1 Å². The quantitative estimate of drug-likeness (QED) is 0.932. The third-order valence-electron chi connectivity index (χ3n) is 3.68. The molecule has 0 amide bonds. The van der Waals surface area contributed by atoms with Gasteiger partial charge in [0.1, 0.15) is 5.82 Å². The maximum atomic E-state index is 13.3. The number of hydrogen-bond acceptors (Lipinski definition) is 2. The minimum absolute atomic E-state index is 0.151. The largest absolute Gasteiger partial charge is 0.478 e. The summed E-state index contributed by atoms with van der Waals surface area (Å²) in [5, 5.41) is 9.16. The highest BCUT2D eigenvalue weighted by Gasteiger charge is 2.30. The van der Waals surface area contributed by atoms with Crippen molar-refractivity contribution < 1.29 is 14.3 Å². The van der Waals surface area contributed by atoms with Crippen molar-refractivity contribution in [2.45, 2.75) is 5.92 Å². The first-order valence-corrected chi connectivity index (χ1v) is 6.48. The Bertz CT molecular complexity index is 636. The minimum Gasteiger partial charge on any atom is -0.478 e. The van der Waals surface area contributed by atoms with Crippen molar-refractivity contribution in [1.29, 1.82) is 0 Å². The molecule has 3 nitrogen and oxygen atoms in total. The minimum atomic E-state index is -1.02. The number of anilines is 1. The highest BCUT2D eigenvalue weighted by atomic mass is 19.1. The molecule has 1 heterocycles. The molecule has 102 valence electrons. The Morgan fingerprint density at radius 2 is 1.85 bits per heavy atom. The van der Waals surface area contributed by atoms with Crippen LogP contribution in [0.25, 0.3) is 0 Å². The number of carbonyl (C=O) groups is 1. The van der Waals surface area contributed by atoms with E-state index in [4.69, 9.17) is 5.11 Å². The second-order valence-corrected chi connectivity index (χ2v) is 4.98. The van der Waals surface area contributed by atoms with Crippen LogP contribution in [-0.4, -0.2) is 24.2 Å². The molecule has 0 aromatic heterocycles. The van der Waals surface area contributed by atoms with Crippen LogP contribution in [0.1, 0.15) is 21.8 Å². The van der Waals surface area contributed by atoms with Gasteiger partial charge in [0.05, 0.1) is 11.3 Å². The van der Waals surface area contributed by atoms with Crippen LogP contribution in [0.3, 0.4) is 0 Å². The van der Waals surface area contributed by atoms with Gasteiger partial charge >= 0.3 is 5.97 Å². The average Bonchev–Trinajstić information content (AvgIpc) is 2.38. The van der Waals surface area contributed by atoms with Crippen LogP contribution in [0.15, 0.2) is 48.5 Å². The summed E-state index contributed by atoms with van der Waals surface area (Å²) in [6, 6.07) is 13.9. The summed E-state index contributed by atoms with van der Waals surface area (Å²) < 4.78 is 13.3. The third kappa shape index (κ3) is 2.25. The predicted molar refractivity (Wildman–Crippen MR) is 74.8 cm³/mol. The van der Waals surface area contributed by atoms with Crippen molar-refractivity contribution in [3.05, 3.63) is 65.5 Å². The van der Waals surface area contributed by atoms with Crippen molar-refractivity contribution >= 4 is 11.7 Å². The second-order valence-electron chi connectivity index (χ2n) is 4.98. The van der Waals surface area contributed by atoms with Gasteiger partial charge in [-0.1, -0.05) is 30.3 Å². The summed E-state index contributed by atoms with van der Waals surface area (Å²) in [5.74, 6) is -1.06. The van der Waals surface area contributed by atoms with Gasteiger partial charge in [0.2, 0.25) is 0 Å². The van der Waals surface area contributed by atoms with E-state index in [0.717, 1.165) is 0 Å². The Morgan fingerprint density at radius 3 is 2.50 bits per heavy atom. The highest BCUT2D eigenvalue weighted by Crippen LogP contribution is 2.33. The third-order valence-corrected chi connectivity index (χ3v) is 3.68. The number of halogens is 1. The molecule has 1 fully saturated rings. The zero-order chi connectivity index (χ0) is 14.1. The molecule has 2 aromatic rings. The topological polar surface area (TPSA) is 40.5 Å². The molecular weight excluding hydrogens is 257 g/mol. The van der Waals surface area contributed by atoms with E-state index in [-0.39, 0.29) is 5.56 Å². The molecule has 0 aliphatic carbocycles. The monoisotopic (exact) mass is 271 g/mol. The van der Waals surface area contributed by atoms with Gasteiger partial charge in [-0.3, -0.25) is 0 Å². The summed E-state index contributed by atoms with van der Waals surface area (Å²) in [7, 11) is 0. The van der Waals surface area contributed by atoms with Crippen molar-refractivity contribution in [3.8, 4) is 0 Å². The number of benzene rings is 2. The van der Waals surface area contributed by atoms with Crippen LogP contribution in [0.5, 0.6) is 0 Å². The lowest BCUT2D eigenvalue weighted by molar-refractivity contribution is 0.0697. The van der Waals surface area contributed by atoms with E-state index in [9.17, 15) is 9.18 Å².